The molecule has 1 aromatic carbocycles. The summed E-state index contributed by atoms with van der Waals surface area (Å²) in [6.07, 6.45) is -4.47. The SMILES string of the molecule is N#Cc1cc(Br)ccc1OCC(=O)NCC(F)(F)F. The number of carbonyl (C=O) groups is 1. The Morgan fingerprint density at radius 1 is 1.47 bits per heavy atom. The van der Waals surface area contributed by atoms with Crippen molar-refractivity contribution in [2.24, 2.45) is 0 Å². The maximum absolute atomic E-state index is 11.8. The van der Waals surface area contributed by atoms with Gasteiger partial charge in [-0.1, -0.05) is 15.9 Å². The number of rotatable bonds is 4. The highest BCUT2D eigenvalue weighted by Crippen LogP contribution is 2.22. The van der Waals surface area contributed by atoms with Crippen LogP contribution in [0.15, 0.2) is 22.7 Å². The molecule has 0 spiro atoms. The van der Waals surface area contributed by atoms with Crippen LogP contribution >= 0.6 is 15.9 Å². The molecule has 19 heavy (non-hydrogen) atoms. The highest BCUT2D eigenvalue weighted by molar-refractivity contribution is 9.10. The molecule has 0 saturated heterocycles. The summed E-state index contributed by atoms with van der Waals surface area (Å²) in [5.41, 5.74) is 0.179. The van der Waals surface area contributed by atoms with Gasteiger partial charge < -0.3 is 10.1 Å². The first-order valence-electron chi connectivity index (χ1n) is 4.98. The molecule has 0 fully saturated rings. The van der Waals surface area contributed by atoms with E-state index in [1.54, 1.807) is 11.4 Å². The van der Waals surface area contributed by atoms with Crippen molar-refractivity contribution in [1.29, 1.82) is 5.26 Å². The third-order valence-corrected chi connectivity index (χ3v) is 2.40. The fourth-order valence-corrected chi connectivity index (χ4v) is 1.47. The van der Waals surface area contributed by atoms with Crippen LogP contribution in [0.4, 0.5) is 13.2 Å². The number of alkyl halides is 3. The minimum Gasteiger partial charge on any atom is -0.482 e. The normalized spacial score (nSPS) is 10.7. The first-order valence-corrected chi connectivity index (χ1v) is 5.77. The number of nitrogens with zero attached hydrogens (tertiary/aromatic N) is 1. The lowest BCUT2D eigenvalue weighted by Gasteiger charge is -2.10. The Kier molecular flexibility index (Phi) is 5.18. The van der Waals surface area contributed by atoms with Crippen molar-refractivity contribution >= 4 is 21.8 Å². The number of nitriles is 1. The van der Waals surface area contributed by atoms with Gasteiger partial charge in [0.15, 0.2) is 6.61 Å². The lowest BCUT2D eigenvalue weighted by molar-refractivity contribution is -0.139. The number of carbonyl (C=O) groups excluding carboxylic acids is 1. The summed E-state index contributed by atoms with van der Waals surface area (Å²) >= 11 is 3.15. The fourth-order valence-electron chi connectivity index (χ4n) is 1.11. The van der Waals surface area contributed by atoms with Crippen molar-refractivity contribution in [1.82, 2.24) is 5.32 Å². The molecule has 0 radical (unpaired) electrons. The summed E-state index contributed by atoms with van der Waals surface area (Å²) in [5, 5.41) is 10.5. The van der Waals surface area contributed by atoms with Gasteiger partial charge in [-0.25, -0.2) is 0 Å². The maximum Gasteiger partial charge on any atom is 0.405 e. The van der Waals surface area contributed by atoms with Crippen LogP contribution in [-0.2, 0) is 4.79 Å². The molecule has 0 aliphatic rings. The van der Waals surface area contributed by atoms with Gasteiger partial charge in [-0.3, -0.25) is 4.79 Å². The second-order valence-corrected chi connectivity index (χ2v) is 4.35. The second-order valence-electron chi connectivity index (χ2n) is 3.43. The summed E-state index contributed by atoms with van der Waals surface area (Å²) in [7, 11) is 0. The Morgan fingerprint density at radius 3 is 2.74 bits per heavy atom. The molecule has 8 heteroatoms. The number of ether oxygens (including phenoxy) is 1. The smallest absolute Gasteiger partial charge is 0.405 e. The van der Waals surface area contributed by atoms with Gasteiger partial charge in [0, 0.05) is 4.47 Å². The Balaban J connectivity index is 2.54. The minimum absolute atomic E-state index is 0.132. The number of halogens is 4. The summed E-state index contributed by atoms with van der Waals surface area (Å²) in [5.74, 6) is -0.781. The van der Waals surface area contributed by atoms with E-state index >= 15 is 0 Å². The molecule has 4 nitrogen and oxygen atoms in total. The molecule has 0 aliphatic carbocycles. The van der Waals surface area contributed by atoms with E-state index in [0.29, 0.717) is 4.47 Å². The molecule has 0 unspecified atom stereocenters. The Labute approximate surface area is 115 Å². The summed E-state index contributed by atoms with van der Waals surface area (Å²) in [6.45, 7) is -2.01. The van der Waals surface area contributed by atoms with E-state index in [1.807, 2.05) is 6.07 Å². The lowest BCUT2D eigenvalue weighted by atomic mass is 10.2. The van der Waals surface area contributed by atoms with Crippen molar-refractivity contribution in [3.05, 3.63) is 28.2 Å². The van der Waals surface area contributed by atoms with Crippen LogP contribution in [-0.4, -0.2) is 25.2 Å². The molecule has 0 aromatic heterocycles. The Bertz CT molecular complexity index is 512. The van der Waals surface area contributed by atoms with Gasteiger partial charge >= 0.3 is 6.18 Å². The number of nitrogens with one attached hydrogen (secondary N) is 1. The molecule has 102 valence electrons. The van der Waals surface area contributed by atoms with Crippen LogP contribution in [0, 0.1) is 11.3 Å². The monoisotopic (exact) mass is 336 g/mol. The third kappa shape index (κ3) is 5.61. The average Bonchev–Trinajstić information content (AvgIpc) is 2.33. The van der Waals surface area contributed by atoms with E-state index < -0.39 is 25.2 Å². The van der Waals surface area contributed by atoms with Crippen LogP contribution in [0.5, 0.6) is 5.75 Å². The van der Waals surface area contributed by atoms with Crippen LogP contribution in [0.2, 0.25) is 0 Å². The van der Waals surface area contributed by atoms with Crippen molar-refractivity contribution in [2.75, 3.05) is 13.2 Å². The number of amides is 1. The summed E-state index contributed by atoms with van der Waals surface area (Å²) < 4.78 is 41.2. The largest absolute Gasteiger partial charge is 0.482 e. The van der Waals surface area contributed by atoms with E-state index in [2.05, 4.69) is 15.9 Å². The van der Waals surface area contributed by atoms with Gasteiger partial charge in [0.25, 0.3) is 5.91 Å². The van der Waals surface area contributed by atoms with E-state index in [0.717, 1.165) is 0 Å². The zero-order chi connectivity index (χ0) is 14.5. The predicted octanol–water partition coefficient (Wildman–Crippen LogP) is 2.38. The van der Waals surface area contributed by atoms with E-state index in [9.17, 15) is 18.0 Å². The fraction of sp³-hybridized carbons (Fsp3) is 0.273. The molecule has 0 aliphatic heterocycles. The summed E-state index contributed by atoms with van der Waals surface area (Å²) in [4.78, 5) is 11.1. The highest BCUT2D eigenvalue weighted by Gasteiger charge is 2.27. The average molecular weight is 337 g/mol. The predicted molar refractivity (Wildman–Crippen MR) is 63.4 cm³/mol. The van der Waals surface area contributed by atoms with Crippen LogP contribution in [0.25, 0.3) is 0 Å². The van der Waals surface area contributed by atoms with Crippen molar-refractivity contribution < 1.29 is 22.7 Å². The minimum atomic E-state index is -4.47. The van der Waals surface area contributed by atoms with Gasteiger partial charge in [-0.2, -0.15) is 18.4 Å². The molecular formula is C11H8BrF3N2O2. The molecular weight excluding hydrogens is 329 g/mol. The number of hydrogen-bond acceptors (Lipinski definition) is 3. The van der Waals surface area contributed by atoms with Crippen molar-refractivity contribution in [3.63, 3.8) is 0 Å². The zero-order valence-corrected chi connectivity index (χ0v) is 11.0. The Morgan fingerprint density at radius 2 is 2.16 bits per heavy atom. The third-order valence-electron chi connectivity index (χ3n) is 1.91. The second kappa shape index (κ2) is 6.43. The van der Waals surface area contributed by atoms with Gasteiger partial charge in [-0.05, 0) is 18.2 Å². The van der Waals surface area contributed by atoms with Crippen LogP contribution in [0.1, 0.15) is 5.56 Å². The zero-order valence-electron chi connectivity index (χ0n) is 9.42. The molecule has 0 bridgehead atoms. The van der Waals surface area contributed by atoms with Gasteiger partial charge in [0.1, 0.15) is 18.4 Å². The molecule has 0 heterocycles. The molecule has 0 saturated carbocycles. The summed E-state index contributed by atoms with van der Waals surface area (Å²) in [6, 6.07) is 6.36. The molecule has 1 amide bonds. The number of hydrogen-bond donors (Lipinski definition) is 1. The highest BCUT2D eigenvalue weighted by atomic mass is 79.9. The Hall–Kier alpha value is -1.75. The standard InChI is InChI=1S/C11H8BrF3N2O2/c12-8-1-2-9(7(3-8)4-16)19-5-10(18)17-6-11(13,14)15/h1-3H,5-6H2,(H,17,18). The van der Waals surface area contributed by atoms with Crippen LogP contribution < -0.4 is 10.1 Å². The van der Waals surface area contributed by atoms with Crippen molar-refractivity contribution in [3.8, 4) is 11.8 Å². The number of benzene rings is 1. The maximum atomic E-state index is 11.8. The first-order chi connectivity index (χ1) is 8.81. The molecule has 1 N–H and O–H groups in total. The quantitative estimate of drug-likeness (QED) is 0.918. The lowest BCUT2D eigenvalue weighted by Crippen LogP contribution is -2.36. The van der Waals surface area contributed by atoms with E-state index in [-0.39, 0.29) is 11.3 Å². The first kappa shape index (κ1) is 15.3. The van der Waals surface area contributed by atoms with E-state index in [4.69, 9.17) is 10.00 Å². The van der Waals surface area contributed by atoms with Gasteiger partial charge in [0.05, 0.1) is 5.56 Å². The van der Waals surface area contributed by atoms with E-state index in [1.165, 1.54) is 12.1 Å². The topological polar surface area (TPSA) is 62.1 Å². The van der Waals surface area contributed by atoms with Gasteiger partial charge in [0.2, 0.25) is 0 Å². The van der Waals surface area contributed by atoms with Gasteiger partial charge in [-0.15, -0.1) is 0 Å². The molecule has 1 aromatic rings. The molecule has 0 atom stereocenters. The van der Waals surface area contributed by atoms with Crippen LogP contribution in [0.3, 0.4) is 0 Å². The molecule has 1 rings (SSSR count). The van der Waals surface area contributed by atoms with Crippen molar-refractivity contribution in [2.45, 2.75) is 6.18 Å².